The minimum Gasteiger partial charge on any atom is -0.481 e. The van der Waals surface area contributed by atoms with Crippen molar-refractivity contribution < 1.29 is 14.7 Å². The molecule has 5 heteroatoms. The molecule has 1 unspecified atom stereocenters. The van der Waals surface area contributed by atoms with Crippen molar-refractivity contribution in [2.45, 2.75) is 12.5 Å². The fourth-order valence-corrected chi connectivity index (χ4v) is 1.97. The molecule has 0 bridgehead atoms. The number of carbonyl (C=O) groups is 2. The first-order valence-corrected chi connectivity index (χ1v) is 5.36. The average Bonchev–Trinajstić information content (AvgIpc) is 2.65. The van der Waals surface area contributed by atoms with Gasteiger partial charge in [-0.2, -0.15) is 0 Å². The monoisotopic (exact) mass is 227 g/mol. The smallest absolute Gasteiger partial charge is 0.305 e. The van der Waals surface area contributed by atoms with Crippen LogP contribution in [0.5, 0.6) is 0 Å². The van der Waals surface area contributed by atoms with Crippen LogP contribution >= 0.6 is 11.3 Å². The Morgan fingerprint density at radius 3 is 2.60 bits per heavy atom. The van der Waals surface area contributed by atoms with Crippen molar-refractivity contribution in [2.75, 3.05) is 14.1 Å². The quantitative estimate of drug-likeness (QED) is 0.771. The second-order valence-corrected chi connectivity index (χ2v) is 4.37. The van der Waals surface area contributed by atoms with Crippen molar-refractivity contribution in [3.63, 3.8) is 0 Å². The number of carbonyl (C=O) groups excluding carboxylic acids is 1. The number of carboxylic acids is 1. The Morgan fingerprint density at radius 1 is 1.53 bits per heavy atom. The number of ketones is 1. The summed E-state index contributed by atoms with van der Waals surface area (Å²) in [5.41, 5.74) is 0. The molecular weight excluding hydrogens is 214 g/mol. The number of hydrogen-bond acceptors (Lipinski definition) is 4. The second kappa shape index (κ2) is 5.04. The molecule has 4 nitrogen and oxygen atoms in total. The van der Waals surface area contributed by atoms with Gasteiger partial charge in [0, 0.05) is 0 Å². The average molecular weight is 227 g/mol. The number of thiophene rings is 1. The van der Waals surface area contributed by atoms with Crippen LogP contribution in [0.4, 0.5) is 0 Å². The van der Waals surface area contributed by atoms with Crippen molar-refractivity contribution in [1.82, 2.24) is 4.90 Å². The Hall–Kier alpha value is -1.20. The van der Waals surface area contributed by atoms with E-state index < -0.39 is 12.0 Å². The molecular formula is C10H13NO3S. The van der Waals surface area contributed by atoms with E-state index in [1.807, 2.05) is 0 Å². The van der Waals surface area contributed by atoms with Crippen LogP contribution < -0.4 is 0 Å². The molecule has 15 heavy (non-hydrogen) atoms. The van der Waals surface area contributed by atoms with Crippen LogP contribution in [-0.2, 0) is 4.79 Å². The Balaban J connectivity index is 2.81. The molecule has 0 aliphatic carbocycles. The highest BCUT2D eigenvalue weighted by molar-refractivity contribution is 7.12. The first kappa shape index (κ1) is 11.9. The first-order valence-electron chi connectivity index (χ1n) is 4.48. The lowest BCUT2D eigenvalue weighted by Gasteiger charge is -2.20. The van der Waals surface area contributed by atoms with Gasteiger partial charge in [-0.25, -0.2) is 0 Å². The van der Waals surface area contributed by atoms with Gasteiger partial charge in [-0.05, 0) is 25.5 Å². The molecule has 0 aromatic carbocycles. The maximum atomic E-state index is 11.9. The number of nitrogens with zero attached hydrogens (tertiary/aromatic N) is 1. The topological polar surface area (TPSA) is 57.6 Å². The molecule has 0 amide bonds. The van der Waals surface area contributed by atoms with Crippen molar-refractivity contribution in [2.24, 2.45) is 0 Å². The van der Waals surface area contributed by atoms with Gasteiger partial charge in [-0.3, -0.25) is 14.5 Å². The minimum absolute atomic E-state index is 0.127. The molecule has 0 saturated carbocycles. The summed E-state index contributed by atoms with van der Waals surface area (Å²) in [6, 6.07) is 2.91. The summed E-state index contributed by atoms with van der Waals surface area (Å²) in [4.78, 5) is 24.7. The molecule has 1 rings (SSSR count). The summed E-state index contributed by atoms with van der Waals surface area (Å²) < 4.78 is 0. The number of Topliss-reactive ketones (excluding diaryl/α,β-unsaturated/α-hetero) is 1. The van der Waals surface area contributed by atoms with E-state index in [0.29, 0.717) is 4.88 Å². The van der Waals surface area contributed by atoms with Crippen LogP contribution in [0.15, 0.2) is 17.5 Å². The third kappa shape index (κ3) is 3.14. The normalized spacial score (nSPS) is 12.7. The number of hydrogen-bond donors (Lipinski definition) is 1. The van der Waals surface area contributed by atoms with Gasteiger partial charge in [-0.1, -0.05) is 6.07 Å². The molecule has 1 N–H and O–H groups in total. The van der Waals surface area contributed by atoms with Crippen LogP contribution in [0.3, 0.4) is 0 Å². The van der Waals surface area contributed by atoms with Crippen molar-refractivity contribution in [1.29, 1.82) is 0 Å². The van der Waals surface area contributed by atoms with Crippen molar-refractivity contribution in [3.8, 4) is 0 Å². The highest BCUT2D eigenvalue weighted by Gasteiger charge is 2.25. The molecule has 1 aromatic rings. The van der Waals surface area contributed by atoms with E-state index >= 15 is 0 Å². The predicted octanol–water partition coefficient (Wildman–Crippen LogP) is 1.34. The molecule has 0 spiro atoms. The summed E-state index contributed by atoms with van der Waals surface area (Å²) >= 11 is 1.33. The van der Waals surface area contributed by atoms with Gasteiger partial charge in [-0.15, -0.1) is 11.3 Å². The van der Waals surface area contributed by atoms with Crippen molar-refractivity contribution in [3.05, 3.63) is 22.4 Å². The van der Waals surface area contributed by atoms with Crippen LogP contribution in [0.1, 0.15) is 16.1 Å². The molecule has 1 atom stereocenters. The van der Waals surface area contributed by atoms with Gasteiger partial charge in [0.15, 0.2) is 5.78 Å². The minimum atomic E-state index is -0.960. The lowest BCUT2D eigenvalue weighted by Crippen LogP contribution is -2.37. The Labute approximate surface area is 92.1 Å². The fourth-order valence-electron chi connectivity index (χ4n) is 1.26. The van der Waals surface area contributed by atoms with E-state index in [-0.39, 0.29) is 12.2 Å². The molecule has 0 saturated heterocycles. The Kier molecular flexibility index (Phi) is 3.99. The van der Waals surface area contributed by atoms with E-state index in [4.69, 9.17) is 5.11 Å². The third-order valence-electron chi connectivity index (χ3n) is 2.06. The maximum Gasteiger partial charge on any atom is 0.305 e. The highest BCUT2D eigenvalue weighted by Crippen LogP contribution is 2.15. The second-order valence-electron chi connectivity index (χ2n) is 3.42. The van der Waals surface area contributed by atoms with Gasteiger partial charge in [0.25, 0.3) is 0 Å². The SMILES string of the molecule is CN(C)C(CC(=O)O)C(=O)c1cccs1. The third-order valence-corrected chi connectivity index (χ3v) is 2.94. The number of aliphatic carboxylic acids is 1. The first-order chi connectivity index (χ1) is 7.02. The zero-order valence-electron chi connectivity index (χ0n) is 8.64. The van der Waals surface area contributed by atoms with E-state index in [2.05, 4.69) is 0 Å². The van der Waals surface area contributed by atoms with Crippen LogP contribution in [0.2, 0.25) is 0 Å². The molecule has 1 heterocycles. The summed E-state index contributed by atoms with van der Waals surface area (Å²) in [5.74, 6) is -1.09. The zero-order chi connectivity index (χ0) is 11.4. The lowest BCUT2D eigenvalue weighted by molar-refractivity contribution is -0.137. The van der Waals surface area contributed by atoms with Crippen LogP contribution in [0, 0.1) is 0 Å². The molecule has 0 aliphatic heterocycles. The Bertz CT molecular complexity index is 346. The standard InChI is InChI=1S/C10H13NO3S/c1-11(2)7(6-9(12)13)10(14)8-4-3-5-15-8/h3-5,7H,6H2,1-2H3,(H,12,13). The summed E-state index contributed by atoms with van der Waals surface area (Å²) in [6.45, 7) is 0. The summed E-state index contributed by atoms with van der Waals surface area (Å²) in [5, 5.41) is 10.5. The summed E-state index contributed by atoms with van der Waals surface area (Å²) in [6.07, 6.45) is -0.163. The van der Waals surface area contributed by atoms with Gasteiger partial charge >= 0.3 is 5.97 Å². The maximum absolute atomic E-state index is 11.9. The van der Waals surface area contributed by atoms with Gasteiger partial charge < -0.3 is 5.11 Å². The molecule has 0 aliphatic rings. The van der Waals surface area contributed by atoms with Crippen LogP contribution in [-0.4, -0.2) is 41.9 Å². The van der Waals surface area contributed by atoms with E-state index in [9.17, 15) is 9.59 Å². The van der Waals surface area contributed by atoms with Gasteiger partial charge in [0.2, 0.25) is 0 Å². The fraction of sp³-hybridized carbons (Fsp3) is 0.400. The highest BCUT2D eigenvalue weighted by atomic mass is 32.1. The molecule has 1 aromatic heterocycles. The zero-order valence-corrected chi connectivity index (χ0v) is 9.45. The van der Waals surface area contributed by atoms with E-state index in [1.54, 1.807) is 36.5 Å². The van der Waals surface area contributed by atoms with E-state index in [1.165, 1.54) is 11.3 Å². The largest absolute Gasteiger partial charge is 0.481 e. The van der Waals surface area contributed by atoms with Gasteiger partial charge in [0.1, 0.15) is 0 Å². The molecule has 82 valence electrons. The predicted molar refractivity (Wildman–Crippen MR) is 58.4 cm³/mol. The van der Waals surface area contributed by atoms with E-state index in [0.717, 1.165) is 0 Å². The number of carboxylic acid groups (broad SMARTS) is 1. The molecule has 0 fully saturated rings. The summed E-state index contributed by atoms with van der Waals surface area (Å²) in [7, 11) is 3.41. The van der Waals surface area contributed by atoms with Crippen LogP contribution in [0.25, 0.3) is 0 Å². The molecule has 0 radical (unpaired) electrons. The Morgan fingerprint density at radius 2 is 2.20 bits per heavy atom. The number of likely N-dealkylation sites (N-methyl/N-ethyl adjacent to an activating group) is 1. The lowest BCUT2D eigenvalue weighted by atomic mass is 10.1. The van der Waals surface area contributed by atoms with Gasteiger partial charge in [0.05, 0.1) is 17.3 Å². The number of rotatable bonds is 5. The van der Waals surface area contributed by atoms with Crippen molar-refractivity contribution >= 4 is 23.1 Å².